The predicted octanol–water partition coefficient (Wildman–Crippen LogP) is 6.33. The van der Waals surface area contributed by atoms with Crippen molar-refractivity contribution in [2.75, 3.05) is 0 Å². The monoisotopic (exact) mass is 266 g/mol. The van der Waals surface area contributed by atoms with E-state index in [9.17, 15) is 0 Å². The fourth-order valence-corrected chi connectivity index (χ4v) is 2.44. The Bertz CT molecular complexity index is 601. The summed E-state index contributed by atoms with van der Waals surface area (Å²) in [4.78, 5) is 0. The lowest BCUT2D eigenvalue weighted by Gasteiger charge is -2.11. The topological polar surface area (TPSA) is 0 Å². The van der Waals surface area contributed by atoms with Crippen molar-refractivity contribution in [3.05, 3.63) is 65.3 Å². The van der Waals surface area contributed by atoms with Crippen LogP contribution in [-0.2, 0) is 6.42 Å². The second-order valence-electron chi connectivity index (χ2n) is 4.29. The summed E-state index contributed by atoms with van der Waals surface area (Å²) in [6, 6.07) is 10.9. The number of benzene rings is 2. The maximum atomic E-state index is 2.32. The van der Waals surface area contributed by atoms with E-state index in [4.69, 9.17) is 0 Å². The Morgan fingerprint density at radius 2 is 1.60 bits per heavy atom. The normalized spacial score (nSPS) is 11.7. The molecule has 1 aliphatic carbocycles. The number of allylic oxidation sites excluding steroid dienone is 3. The van der Waals surface area contributed by atoms with Gasteiger partial charge in [0.25, 0.3) is 0 Å². The molecule has 0 amide bonds. The van der Waals surface area contributed by atoms with Gasteiger partial charge in [-0.15, -0.1) is 0 Å². The minimum absolute atomic E-state index is 1.04. The molecule has 0 aliphatic heterocycles. The summed E-state index contributed by atoms with van der Waals surface area (Å²) in [5, 5.41) is 2.72. The highest BCUT2D eigenvalue weighted by Crippen LogP contribution is 2.28. The van der Waals surface area contributed by atoms with E-state index >= 15 is 0 Å². The van der Waals surface area contributed by atoms with Crippen LogP contribution in [0.2, 0.25) is 0 Å². The summed E-state index contributed by atoms with van der Waals surface area (Å²) >= 11 is 0. The maximum absolute atomic E-state index is 2.32. The van der Waals surface area contributed by atoms with Crippen molar-refractivity contribution in [3.8, 4) is 0 Å². The first-order valence-electron chi connectivity index (χ1n) is 7.71. The van der Waals surface area contributed by atoms with E-state index in [1.165, 1.54) is 27.5 Å². The number of fused-ring (bicyclic) bond motifs is 2. The van der Waals surface area contributed by atoms with Crippen LogP contribution in [0.4, 0.5) is 0 Å². The van der Waals surface area contributed by atoms with Gasteiger partial charge in [0.1, 0.15) is 0 Å². The molecule has 0 aromatic heterocycles. The molecule has 0 atom stereocenters. The molecular weight excluding hydrogens is 240 g/mol. The fraction of sp³-hybridized carbons (Fsp3) is 0.300. The van der Waals surface area contributed by atoms with Crippen LogP contribution in [-0.4, -0.2) is 0 Å². The molecule has 0 unspecified atom stereocenters. The van der Waals surface area contributed by atoms with Gasteiger partial charge in [-0.3, -0.25) is 0 Å². The molecule has 0 radical (unpaired) electrons. The largest absolute Gasteiger partial charge is 0.0801 e. The molecular formula is C20H26. The molecule has 0 heterocycles. The van der Waals surface area contributed by atoms with Crippen molar-refractivity contribution in [2.45, 2.75) is 41.0 Å². The average Bonchev–Trinajstić information content (AvgIpc) is 2.77. The molecule has 20 heavy (non-hydrogen) atoms. The molecule has 3 rings (SSSR count). The second-order valence-corrected chi connectivity index (χ2v) is 4.29. The zero-order valence-electron chi connectivity index (χ0n) is 13.4. The Labute approximate surface area is 123 Å². The van der Waals surface area contributed by atoms with Crippen molar-refractivity contribution >= 4 is 16.8 Å². The highest BCUT2D eigenvalue weighted by atomic mass is 14.1. The third kappa shape index (κ3) is 3.39. The maximum Gasteiger partial charge on any atom is -0.00881 e. The molecule has 106 valence electrons. The van der Waals surface area contributed by atoms with Crippen molar-refractivity contribution in [1.82, 2.24) is 0 Å². The number of aryl methyl sites for hydroxylation is 1. The Morgan fingerprint density at radius 3 is 2.35 bits per heavy atom. The highest BCUT2D eigenvalue weighted by molar-refractivity contribution is 5.90. The van der Waals surface area contributed by atoms with E-state index in [1.54, 1.807) is 0 Å². The quantitative estimate of drug-likeness (QED) is 0.523. The highest BCUT2D eigenvalue weighted by Gasteiger charge is 2.07. The van der Waals surface area contributed by atoms with Crippen LogP contribution in [0.5, 0.6) is 0 Å². The Kier molecular flexibility index (Phi) is 6.79. The van der Waals surface area contributed by atoms with E-state index in [1.807, 2.05) is 27.7 Å². The van der Waals surface area contributed by atoms with Crippen LogP contribution >= 0.6 is 0 Å². The van der Waals surface area contributed by atoms with Crippen molar-refractivity contribution in [1.29, 1.82) is 0 Å². The Balaban J connectivity index is 0.000000461. The number of hydrogen-bond donors (Lipinski definition) is 0. The van der Waals surface area contributed by atoms with E-state index in [0.29, 0.717) is 0 Å². The van der Waals surface area contributed by atoms with Crippen LogP contribution in [0.3, 0.4) is 0 Å². The molecule has 2 aromatic rings. The molecule has 1 aliphatic rings. The molecule has 2 aromatic carbocycles. The first-order valence-corrected chi connectivity index (χ1v) is 7.71. The van der Waals surface area contributed by atoms with Gasteiger partial charge in [-0.1, -0.05) is 82.3 Å². The first kappa shape index (κ1) is 16.2. The predicted molar refractivity (Wildman–Crippen MR) is 93.3 cm³/mol. The van der Waals surface area contributed by atoms with Gasteiger partial charge >= 0.3 is 0 Å². The molecule has 0 fully saturated rings. The van der Waals surface area contributed by atoms with Gasteiger partial charge in [0.05, 0.1) is 0 Å². The summed E-state index contributed by atoms with van der Waals surface area (Å²) in [5.74, 6) is 0. The minimum Gasteiger partial charge on any atom is -0.0801 e. The van der Waals surface area contributed by atoms with Gasteiger partial charge in [-0.25, -0.2) is 0 Å². The van der Waals surface area contributed by atoms with Gasteiger partial charge in [-0.05, 0) is 40.8 Å². The Morgan fingerprint density at radius 1 is 0.900 bits per heavy atom. The summed E-state index contributed by atoms with van der Waals surface area (Å²) < 4.78 is 0. The third-order valence-electron chi connectivity index (χ3n) is 3.29. The summed E-state index contributed by atoms with van der Waals surface area (Å²) in [6.07, 6.45) is 9.74. The van der Waals surface area contributed by atoms with Crippen molar-refractivity contribution in [3.63, 3.8) is 0 Å². The lowest BCUT2D eigenvalue weighted by Crippen LogP contribution is -1.92. The van der Waals surface area contributed by atoms with Gasteiger partial charge in [0, 0.05) is 0 Å². The summed E-state index contributed by atoms with van der Waals surface area (Å²) in [5.41, 5.74) is 4.22. The van der Waals surface area contributed by atoms with E-state index in [-0.39, 0.29) is 0 Å². The molecule has 0 spiro atoms. The van der Waals surface area contributed by atoms with Crippen LogP contribution in [0.1, 0.15) is 44.4 Å². The molecule has 0 nitrogen and oxygen atoms in total. The standard InChI is InChI=1S/C16H14.2C2H6/c1-12-15-9-4-2-3-7-13(15)11-14-8-5-6-10-16(12)14;2*1-2/h2-6,8-11H,7H2,1H3;2*1-2H3. The zero-order chi connectivity index (χ0) is 15.0. The second kappa shape index (κ2) is 8.37. The first-order chi connectivity index (χ1) is 9.86. The fourth-order valence-electron chi connectivity index (χ4n) is 2.44. The van der Waals surface area contributed by atoms with Gasteiger partial charge in [-0.2, -0.15) is 0 Å². The average molecular weight is 266 g/mol. The molecule has 0 bridgehead atoms. The lowest BCUT2D eigenvalue weighted by molar-refractivity contribution is 1.26. The third-order valence-corrected chi connectivity index (χ3v) is 3.29. The van der Waals surface area contributed by atoms with Crippen LogP contribution in [0.25, 0.3) is 16.8 Å². The molecule has 0 heteroatoms. The zero-order valence-corrected chi connectivity index (χ0v) is 13.4. The van der Waals surface area contributed by atoms with E-state index in [2.05, 4.69) is 61.6 Å². The van der Waals surface area contributed by atoms with Gasteiger partial charge in [0.15, 0.2) is 0 Å². The molecule has 0 saturated carbocycles. The minimum atomic E-state index is 1.04. The molecule has 0 N–H and O–H groups in total. The SMILES string of the molecule is CC.CC.Cc1c2c(cc3ccccc13)CC=CC=C2. The summed E-state index contributed by atoms with van der Waals surface area (Å²) in [7, 11) is 0. The van der Waals surface area contributed by atoms with Crippen LogP contribution < -0.4 is 0 Å². The van der Waals surface area contributed by atoms with Gasteiger partial charge < -0.3 is 0 Å². The lowest BCUT2D eigenvalue weighted by atomic mass is 9.94. The van der Waals surface area contributed by atoms with Crippen molar-refractivity contribution < 1.29 is 0 Å². The van der Waals surface area contributed by atoms with Crippen LogP contribution in [0.15, 0.2) is 48.6 Å². The van der Waals surface area contributed by atoms with E-state index < -0.39 is 0 Å². The van der Waals surface area contributed by atoms with Crippen LogP contribution in [0, 0.1) is 6.92 Å². The number of hydrogen-bond acceptors (Lipinski definition) is 0. The van der Waals surface area contributed by atoms with Gasteiger partial charge in [0.2, 0.25) is 0 Å². The summed E-state index contributed by atoms with van der Waals surface area (Å²) in [6.45, 7) is 10.2. The van der Waals surface area contributed by atoms with E-state index in [0.717, 1.165) is 6.42 Å². The molecule has 0 saturated heterocycles. The smallest absolute Gasteiger partial charge is 0.00881 e. The number of rotatable bonds is 0. The van der Waals surface area contributed by atoms with Crippen molar-refractivity contribution in [2.24, 2.45) is 0 Å². The Hall–Kier alpha value is -1.82.